The van der Waals surface area contributed by atoms with Gasteiger partial charge in [0.15, 0.2) is 0 Å². The summed E-state index contributed by atoms with van der Waals surface area (Å²) < 4.78 is 1.03. The molecule has 0 unspecified atom stereocenters. The van der Waals surface area contributed by atoms with E-state index in [1.807, 2.05) is 43.3 Å². The van der Waals surface area contributed by atoms with Crippen LogP contribution >= 0.6 is 22.6 Å². The van der Waals surface area contributed by atoms with Gasteiger partial charge in [-0.1, -0.05) is 29.8 Å². The molecule has 104 valence electrons. The molecular weight excluding hydrogens is 363 g/mol. The van der Waals surface area contributed by atoms with Gasteiger partial charge < -0.3 is 10.6 Å². The van der Waals surface area contributed by atoms with Gasteiger partial charge in [0.2, 0.25) is 5.91 Å². The maximum atomic E-state index is 11.9. The zero-order valence-corrected chi connectivity index (χ0v) is 13.7. The van der Waals surface area contributed by atoms with Crippen molar-refractivity contribution in [2.45, 2.75) is 13.8 Å². The van der Waals surface area contributed by atoms with Crippen LogP contribution in [0.5, 0.6) is 0 Å². The molecular formula is C16H17IN2O. The Morgan fingerprint density at radius 2 is 1.85 bits per heavy atom. The number of benzene rings is 2. The largest absolute Gasteiger partial charge is 0.376 e. The Morgan fingerprint density at radius 1 is 1.10 bits per heavy atom. The molecule has 0 aliphatic rings. The average Bonchev–Trinajstić information content (AvgIpc) is 2.40. The summed E-state index contributed by atoms with van der Waals surface area (Å²) in [5.41, 5.74) is 4.21. The van der Waals surface area contributed by atoms with E-state index in [4.69, 9.17) is 0 Å². The highest BCUT2D eigenvalue weighted by atomic mass is 127. The van der Waals surface area contributed by atoms with Crippen molar-refractivity contribution < 1.29 is 4.79 Å². The van der Waals surface area contributed by atoms with Gasteiger partial charge in [0, 0.05) is 9.26 Å². The molecule has 4 heteroatoms. The second kappa shape index (κ2) is 6.74. The number of anilines is 2. The van der Waals surface area contributed by atoms with Gasteiger partial charge >= 0.3 is 0 Å². The first kappa shape index (κ1) is 14.8. The number of hydrogen-bond acceptors (Lipinski definition) is 2. The summed E-state index contributed by atoms with van der Waals surface area (Å²) in [6, 6.07) is 13.9. The smallest absolute Gasteiger partial charge is 0.243 e. The molecule has 0 heterocycles. The van der Waals surface area contributed by atoms with Gasteiger partial charge in [-0.15, -0.1) is 0 Å². The summed E-state index contributed by atoms with van der Waals surface area (Å²) in [7, 11) is 0. The van der Waals surface area contributed by atoms with E-state index < -0.39 is 0 Å². The third-order valence-corrected chi connectivity index (χ3v) is 3.91. The van der Waals surface area contributed by atoms with Crippen molar-refractivity contribution in [2.75, 3.05) is 17.2 Å². The molecule has 2 aromatic rings. The van der Waals surface area contributed by atoms with Crippen molar-refractivity contribution >= 4 is 39.9 Å². The molecule has 0 radical (unpaired) electrons. The lowest BCUT2D eigenvalue weighted by atomic mass is 10.1. The van der Waals surface area contributed by atoms with Crippen molar-refractivity contribution in [3.05, 3.63) is 57.2 Å². The molecule has 1 amide bonds. The molecule has 0 aliphatic carbocycles. The van der Waals surface area contributed by atoms with E-state index in [0.717, 1.165) is 20.5 Å². The van der Waals surface area contributed by atoms with Crippen molar-refractivity contribution in [2.24, 2.45) is 0 Å². The number of nitrogens with one attached hydrogen (secondary N) is 2. The summed E-state index contributed by atoms with van der Waals surface area (Å²) in [6.07, 6.45) is 0. The van der Waals surface area contributed by atoms with Crippen LogP contribution in [0.25, 0.3) is 0 Å². The second-order valence-electron chi connectivity index (χ2n) is 4.70. The topological polar surface area (TPSA) is 41.1 Å². The fraction of sp³-hybridized carbons (Fsp3) is 0.188. The van der Waals surface area contributed by atoms with E-state index >= 15 is 0 Å². The molecule has 0 fully saturated rings. The molecule has 2 rings (SSSR count). The predicted molar refractivity (Wildman–Crippen MR) is 92.2 cm³/mol. The van der Waals surface area contributed by atoms with Gasteiger partial charge in [-0.05, 0) is 60.2 Å². The number of carbonyl (C=O) groups is 1. The van der Waals surface area contributed by atoms with Gasteiger partial charge in [0.05, 0.1) is 12.2 Å². The number of para-hydroxylation sites is 1. The van der Waals surface area contributed by atoms with Crippen molar-refractivity contribution in [1.29, 1.82) is 0 Å². The van der Waals surface area contributed by atoms with Crippen LogP contribution in [0, 0.1) is 17.4 Å². The highest BCUT2D eigenvalue weighted by Crippen LogP contribution is 2.18. The van der Waals surface area contributed by atoms with Gasteiger partial charge in [0.25, 0.3) is 0 Å². The van der Waals surface area contributed by atoms with Crippen LogP contribution in [0.2, 0.25) is 0 Å². The quantitative estimate of drug-likeness (QED) is 0.789. The minimum absolute atomic E-state index is 0.0471. The van der Waals surface area contributed by atoms with Crippen LogP contribution in [-0.4, -0.2) is 12.5 Å². The van der Waals surface area contributed by atoms with Crippen LogP contribution < -0.4 is 10.6 Å². The van der Waals surface area contributed by atoms with E-state index in [1.54, 1.807) is 0 Å². The Kier molecular flexibility index (Phi) is 5.00. The number of amides is 1. The number of halogens is 1. The molecule has 2 aromatic carbocycles. The molecule has 0 saturated carbocycles. The number of rotatable bonds is 4. The van der Waals surface area contributed by atoms with Crippen molar-refractivity contribution in [1.82, 2.24) is 0 Å². The van der Waals surface area contributed by atoms with Crippen LogP contribution in [0.4, 0.5) is 11.4 Å². The second-order valence-corrected chi connectivity index (χ2v) is 5.86. The van der Waals surface area contributed by atoms with Crippen LogP contribution in [0.1, 0.15) is 11.1 Å². The van der Waals surface area contributed by atoms with Gasteiger partial charge in [-0.3, -0.25) is 4.79 Å². The molecule has 0 aliphatic heterocycles. The highest BCUT2D eigenvalue weighted by Gasteiger charge is 2.05. The third-order valence-electron chi connectivity index (χ3n) is 2.97. The monoisotopic (exact) mass is 380 g/mol. The number of hydrogen-bond donors (Lipinski definition) is 2. The van der Waals surface area contributed by atoms with E-state index in [2.05, 4.69) is 46.2 Å². The normalized spacial score (nSPS) is 10.2. The Bertz CT molecular complexity index is 626. The van der Waals surface area contributed by atoms with E-state index in [0.29, 0.717) is 0 Å². The van der Waals surface area contributed by atoms with Gasteiger partial charge in [0.1, 0.15) is 0 Å². The first-order valence-electron chi connectivity index (χ1n) is 6.42. The average molecular weight is 380 g/mol. The molecule has 0 spiro atoms. The lowest BCUT2D eigenvalue weighted by molar-refractivity contribution is -0.114. The van der Waals surface area contributed by atoms with E-state index in [9.17, 15) is 4.79 Å². The Hall–Kier alpha value is -1.56. The molecule has 20 heavy (non-hydrogen) atoms. The predicted octanol–water partition coefficient (Wildman–Crippen LogP) is 3.96. The van der Waals surface area contributed by atoms with Crippen LogP contribution in [0.15, 0.2) is 42.5 Å². The summed E-state index contributed by atoms with van der Waals surface area (Å²) in [6.45, 7) is 4.35. The summed E-state index contributed by atoms with van der Waals surface area (Å²) in [4.78, 5) is 11.9. The Morgan fingerprint density at radius 3 is 2.55 bits per heavy atom. The third kappa shape index (κ3) is 3.96. The Balaban J connectivity index is 1.94. The fourth-order valence-electron chi connectivity index (χ4n) is 1.94. The fourth-order valence-corrected chi connectivity index (χ4v) is 2.47. The number of aryl methyl sites for hydroxylation is 2. The summed E-state index contributed by atoms with van der Waals surface area (Å²) in [5, 5.41) is 6.07. The van der Waals surface area contributed by atoms with Crippen molar-refractivity contribution in [3.8, 4) is 0 Å². The van der Waals surface area contributed by atoms with E-state index in [-0.39, 0.29) is 12.5 Å². The molecule has 0 atom stereocenters. The van der Waals surface area contributed by atoms with E-state index in [1.165, 1.54) is 5.56 Å². The molecule has 0 saturated heterocycles. The minimum atomic E-state index is -0.0471. The molecule has 2 N–H and O–H groups in total. The molecule has 0 aromatic heterocycles. The maximum Gasteiger partial charge on any atom is 0.243 e. The standard InChI is InChI=1S/C16H17IN2O/c1-11-7-8-14(12(2)9-11)18-10-16(20)19-15-6-4-3-5-13(15)17/h3-9,18H,10H2,1-2H3,(H,19,20). The zero-order valence-electron chi connectivity index (χ0n) is 11.5. The first-order valence-corrected chi connectivity index (χ1v) is 7.49. The minimum Gasteiger partial charge on any atom is -0.376 e. The van der Waals surface area contributed by atoms with Gasteiger partial charge in [-0.2, -0.15) is 0 Å². The lowest BCUT2D eigenvalue weighted by Crippen LogP contribution is -2.22. The van der Waals surface area contributed by atoms with Gasteiger partial charge in [-0.25, -0.2) is 0 Å². The summed E-state index contributed by atoms with van der Waals surface area (Å²) in [5.74, 6) is -0.0471. The SMILES string of the molecule is Cc1ccc(NCC(=O)Nc2ccccc2I)c(C)c1. The van der Waals surface area contributed by atoms with Crippen LogP contribution in [-0.2, 0) is 4.79 Å². The zero-order chi connectivity index (χ0) is 14.5. The Labute approximate surface area is 132 Å². The molecule has 3 nitrogen and oxygen atoms in total. The summed E-state index contributed by atoms with van der Waals surface area (Å²) >= 11 is 2.21. The number of carbonyl (C=O) groups excluding carboxylic acids is 1. The maximum absolute atomic E-state index is 11.9. The van der Waals surface area contributed by atoms with Crippen LogP contribution in [0.3, 0.4) is 0 Å². The lowest BCUT2D eigenvalue weighted by Gasteiger charge is -2.11. The first-order chi connectivity index (χ1) is 9.56. The van der Waals surface area contributed by atoms with Crippen molar-refractivity contribution in [3.63, 3.8) is 0 Å². The highest BCUT2D eigenvalue weighted by molar-refractivity contribution is 14.1. The molecule has 0 bridgehead atoms.